The molecule has 5 nitrogen and oxygen atoms in total. The summed E-state index contributed by atoms with van der Waals surface area (Å²) in [5.41, 5.74) is 0. The van der Waals surface area contributed by atoms with Crippen LogP contribution >= 0.6 is 7.82 Å². The zero-order valence-corrected chi connectivity index (χ0v) is 8.34. The Morgan fingerprint density at radius 3 is 2.58 bits per heavy atom. The van der Waals surface area contributed by atoms with Gasteiger partial charge in [-0.25, -0.2) is 4.57 Å². The van der Waals surface area contributed by atoms with Crippen molar-refractivity contribution < 1.29 is 18.5 Å². The molecule has 0 saturated carbocycles. The van der Waals surface area contributed by atoms with Crippen LogP contribution in [0.25, 0.3) is 0 Å². The molecule has 0 aliphatic carbocycles. The monoisotopic (exact) mass is 197 g/mol. The highest BCUT2D eigenvalue weighted by atomic mass is 31.2. The maximum atomic E-state index is 10.9. The number of likely N-dealkylation sites (N-methyl/N-ethyl adjacent to an activating group) is 1. The third-order valence-electron chi connectivity index (χ3n) is 1.08. The van der Waals surface area contributed by atoms with E-state index in [1.807, 2.05) is 6.92 Å². The molecule has 0 aromatic heterocycles. The molecular formula is C6H16NO4P. The smallest absolute Gasteiger partial charge is 0.315 e. The summed E-state index contributed by atoms with van der Waals surface area (Å²) in [4.78, 5) is 8.90. The van der Waals surface area contributed by atoms with Crippen LogP contribution in [0, 0.1) is 0 Å². The molecule has 0 radical (unpaired) electrons. The van der Waals surface area contributed by atoms with Crippen LogP contribution in [0.15, 0.2) is 0 Å². The molecule has 2 N–H and O–H groups in total. The molecule has 0 rings (SSSR count). The SMILES string of the molecule is CCNCCOP(=O)(O)OCC. The van der Waals surface area contributed by atoms with Crippen molar-refractivity contribution in [1.82, 2.24) is 5.32 Å². The molecule has 0 amide bonds. The van der Waals surface area contributed by atoms with Crippen molar-refractivity contribution in [3.63, 3.8) is 0 Å². The van der Waals surface area contributed by atoms with Gasteiger partial charge in [-0.15, -0.1) is 0 Å². The Hall–Kier alpha value is 0.0700. The predicted molar refractivity (Wildman–Crippen MR) is 45.9 cm³/mol. The maximum absolute atomic E-state index is 10.9. The Kier molecular flexibility index (Phi) is 6.61. The molecule has 0 aliphatic rings. The fourth-order valence-electron chi connectivity index (χ4n) is 0.610. The van der Waals surface area contributed by atoms with Crippen LogP contribution in [0.3, 0.4) is 0 Å². The van der Waals surface area contributed by atoms with Gasteiger partial charge in [0.1, 0.15) is 0 Å². The quantitative estimate of drug-likeness (QED) is 0.465. The van der Waals surface area contributed by atoms with Crippen molar-refractivity contribution >= 4 is 7.82 Å². The average Bonchev–Trinajstić information content (AvgIpc) is 1.98. The van der Waals surface area contributed by atoms with Gasteiger partial charge in [0.25, 0.3) is 0 Å². The summed E-state index contributed by atoms with van der Waals surface area (Å²) in [6, 6.07) is 0. The number of hydrogen-bond donors (Lipinski definition) is 2. The van der Waals surface area contributed by atoms with Gasteiger partial charge in [0.15, 0.2) is 0 Å². The van der Waals surface area contributed by atoms with Gasteiger partial charge in [-0.3, -0.25) is 9.05 Å². The minimum absolute atomic E-state index is 0.176. The molecule has 1 unspecified atom stereocenters. The Bertz CT molecular complexity index is 152. The van der Waals surface area contributed by atoms with Crippen molar-refractivity contribution in [2.75, 3.05) is 26.3 Å². The van der Waals surface area contributed by atoms with Crippen LogP contribution in [0.2, 0.25) is 0 Å². The second-order valence-corrected chi connectivity index (χ2v) is 3.53. The predicted octanol–water partition coefficient (Wildman–Crippen LogP) is 0.749. The second kappa shape index (κ2) is 6.57. The first kappa shape index (κ1) is 12.1. The van der Waals surface area contributed by atoms with E-state index in [9.17, 15) is 4.57 Å². The topological polar surface area (TPSA) is 67.8 Å². The van der Waals surface area contributed by atoms with E-state index >= 15 is 0 Å². The Morgan fingerprint density at radius 1 is 1.42 bits per heavy atom. The van der Waals surface area contributed by atoms with Crippen molar-refractivity contribution in [3.8, 4) is 0 Å². The lowest BCUT2D eigenvalue weighted by atomic mass is 10.6. The molecule has 0 spiro atoms. The largest absolute Gasteiger partial charge is 0.472 e. The van der Waals surface area contributed by atoms with Gasteiger partial charge in [0, 0.05) is 6.54 Å². The maximum Gasteiger partial charge on any atom is 0.472 e. The number of rotatable bonds is 7. The summed E-state index contributed by atoms with van der Waals surface area (Å²) in [6.07, 6.45) is 0. The lowest BCUT2D eigenvalue weighted by Crippen LogP contribution is -2.18. The van der Waals surface area contributed by atoms with Crippen LogP contribution in [0.5, 0.6) is 0 Å². The molecule has 0 heterocycles. The summed E-state index contributed by atoms with van der Waals surface area (Å²) >= 11 is 0. The molecule has 6 heteroatoms. The minimum Gasteiger partial charge on any atom is -0.315 e. The Morgan fingerprint density at radius 2 is 2.08 bits per heavy atom. The summed E-state index contributed by atoms with van der Waals surface area (Å²) in [6.45, 7) is 5.30. The lowest BCUT2D eigenvalue weighted by molar-refractivity contribution is 0.156. The molecule has 0 aliphatic heterocycles. The minimum atomic E-state index is -3.77. The highest BCUT2D eigenvalue weighted by Gasteiger charge is 2.18. The van der Waals surface area contributed by atoms with Crippen LogP contribution in [0.4, 0.5) is 0 Å². The molecule has 1 atom stereocenters. The first-order chi connectivity index (χ1) is 5.62. The normalized spacial score (nSPS) is 15.9. The molecule has 0 bridgehead atoms. The fraction of sp³-hybridized carbons (Fsp3) is 1.00. The van der Waals surface area contributed by atoms with E-state index in [-0.39, 0.29) is 13.2 Å². The Labute approximate surface area is 72.7 Å². The van der Waals surface area contributed by atoms with E-state index < -0.39 is 7.82 Å². The lowest BCUT2D eigenvalue weighted by Gasteiger charge is -2.10. The average molecular weight is 197 g/mol. The van der Waals surface area contributed by atoms with E-state index in [4.69, 9.17) is 4.89 Å². The molecule has 0 aromatic carbocycles. The summed E-state index contributed by atoms with van der Waals surface area (Å²) in [5, 5.41) is 2.95. The van der Waals surface area contributed by atoms with E-state index in [0.717, 1.165) is 6.54 Å². The van der Waals surface area contributed by atoms with Crippen LogP contribution < -0.4 is 5.32 Å². The number of phosphoric acid groups is 1. The van der Waals surface area contributed by atoms with Gasteiger partial charge < -0.3 is 10.2 Å². The van der Waals surface area contributed by atoms with E-state index in [0.29, 0.717) is 6.54 Å². The van der Waals surface area contributed by atoms with Crippen LogP contribution in [-0.2, 0) is 13.6 Å². The first-order valence-electron chi connectivity index (χ1n) is 3.95. The molecular weight excluding hydrogens is 181 g/mol. The van der Waals surface area contributed by atoms with Gasteiger partial charge in [0.05, 0.1) is 13.2 Å². The van der Waals surface area contributed by atoms with Gasteiger partial charge in [0.2, 0.25) is 0 Å². The van der Waals surface area contributed by atoms with E-state index in [1.165, 1.54) is 0 Å². The molecule has 0 aromatic rings. The van der Waals surface area contributed by atoms with E-state index in [1.54, 1.807) is 6.92 Å². The van der Waals surface area contributed by atoms with Crippen molar-refractivity contribution in [3.05, 3.63) is 0 Å². The number of hydrogen-bond acceptors (Lipinski definition) is 4. The molecule has 0 fully saturated rings. The van der Waals surface area contributed by atoms with Gasteiger partial charge in [-0.05, 0) is 13.5 Å². The summed E-state index contributed by atoms with van der Waals surface area (Å²) < 4.78 is 19.9. The molecule has 0 saturated heterocycles. The zero-order valence-electron chi connectivity index (χ0n) is 7.45. The van der Waals surface area contributed by atoms with Gasteiger partial charge in [-0.1, -0.05) is 6.92 Å². The van der Waals surface area contributed by atoms with Crippen molar-refractivity contribution in [2.24, 2.45) is 0 Å². The number of nitrogens with one attached hydrogen (secondary N) is 1. The zero-order chi connectivity index (χ0) is 9.45. The first-order valence-corrected chi connectivity index (χ1v) is 5.44. The van der Waals surface area contributed by atoms with Crippen LogP contribution in [-0.4, -0.2) is 31.2 Å². The second-order valence-electron chi connectivity index (χ2n) is 2.07. The molecule has 74 valence electrons. The van der Waals surface area contributed by atoms with Gasteiger partial charge >= 0.3 is 7.82 Å². The highest BCUT2D eigenvalue weighted by molar-refractivity contribution is 7.47. The fourth-order valence-corrected chi connectivity index (χ4v) is 1.33. The van der Waals surface area contributed by atoms with Crippen molar-refractivity contribution in [1.29, 1.82) is 0 Å². The van der Waals surface area contributed by atoms with Crippen LogP contribution in [0.1, 0.15) is 13.8 Å². The molecule has 12 heavy (non-hydrogen) atoms. The Balaban J connectivity index is 3.41. The number of phosphoric ester groups is 1. The summed E-state index contributed by atoms with van der Waals surface area (Å²) in [7, 11) is -3.77. The summed E-state index contributed by atoms with van der Waals surface area (Å²) in [5.74, 6) is 0. The van der Waals surface area contributed by atoms with E-state index in [2.05, 4.69) is 14.4 Å². The van der Waals surface area contributed by atoms with Crippen molar-refractivity contribution in [2.45, 2.75) is 13.8 Å². The van der Waals surface area contributed by atoms with Gasteiger partial charge in [-0.2, -0.15) is 0 Å². The third-order valence-corrected chi connectivity index (χ3v) is 2.17. The standard InChI is InChI=1S/C6H16NO4P/c1-3-7-5-6-11-12(8,9)10-4-2/h7H,3-6H2,1-2H3,(H,8,9). The third kappa shape index (κ3) is 6.76. The highest BCUT2D eigenvalue weighted by Crippen LogP contribution is 2.42.